The SMILES string of the molecule is C=C(N[C@H](C(=O)N[C@@H](C)C(=O)N[C@@H](Cc1ccc(O)cc1)C(=O)NC(C)C(=O)C(=O)NC)C(O)OC)[C@H]1CCCN1C(=O)C(NC(=O)[C@H](CC(C)C)NC(=O)CCCCCCCCCCCCC)C(C)O. The molecule has 2 rings (SSSR count). The minimum absolute atomic E-state index is 0.0142. The molecule has 0 spiro atoms. The van der Waals surface area contributed by atoms with Crippen molar-refractivity contribution in [2.24, 2.45) is 5.92 Å². The molecule has 71 heavy (non-hydrogen) atoms. The molecule has 1 aliphatic heterocycles. The maximum absolute atomic E-state index is 14.2. The Morgan fingerprint density at radius 2 is 1.27 bits per heavy atom. The molecule has 20 nitrogen and oxygen atoms in total. The quantitative estimate of drug-likeness (QED) is 0.0270. The van der Waals surface area contributed by atoms with Crippen LogP contribution in [-0.4, -0.2) is 143 Å². The number of ether oxygens (including phenoxy) is 1. The summed E-state index contributed by atoms with van der Waals surface area (Å²) in [7, 11) is 2.40. The van der Waals surface area contributed by atoms with E-state index in [1.165, 1.54) is 102 Å². The molecule has 1 aromatic carbocycles. The van der Waals surface area contributed by atoms with Crippen LogP contribution in [0.2, 0.25) is 0 Å². The van der Waals surface area contributed by atoms with Crippen LogP contribution in [0.4, 0.5) is 0 Å². The minimum Gasteiger partial charge on any atom is -0.508 e. The fraction of sp³-hybridized carbons (Fsp3) is 0.686. The van der Waals surface area contributed by atoms with E-state index in [1.54, 1.807) is 0 Å². The highest BCUT2D eigenvalue weighted by Gasteiger charge is 2.40. The number of aromatic hydroxyl groups is 1. The Balaban J connectivity index is 2.12. The highest BCUT2D eigenvalue weighted by molar-refractivity contribution is 6.38. The van der Waals surface area contributed by atoms with Gasteiger partial charge in [0, 0.05) is 39.2 Å². The zero-order valence-corrected chi connectivity index (χ0v) is 43.3. The molecule has 1 heterocycles. The first-order valence-electron chi connectivity index (χ1n) is 25.3. The average molecular weight is 1000 g/mol. The molecule has 10 N–H and O–H groups in total. The number of aliphatic hydroxyl groups is 2. The van der Waals surface area contributed by atoms with Gasteiger partial charge in [-0.05, 0) is 70.1 Å². The van der Waals surface area contributed by atoms with Gasteiger partial charge in [-0.15, -0.1) is 0 Å². The molecular weight excluding hydrogens is 917 g/mol. The summed E-state index contributed by atoms with van der Waals surface area (Å²) >= 11 is 0. The third kappa shape index (κ3) is 21.7. The summed E-state index contributed by atoms with van der Waals surface area (Å²) in [5.41, 5.74) is 0.625. The van der Waals surface area contributed by atoms with Gasteiger partial charge in [-0.2, -0.15) is 0 Å². The molecule has 0 bridgehead atoms. The van der Waals surface area contributed by atoms with Crippen LogP contribution in [0.25, 0.3) is 0 Å². The zero-order valence-electron chi connectivity index (χ0n) is 43.3. The van der Waals surface area contributed by atoms with Crippen LogP contribution in [0, 0.1) is 5.92 Å². The first-order chi connectivity index (χ1) is 33.6. The minimum atomic E-state index is -1.80. The summed E-state index contributed by atoms with van der Waals surface area (Å²) in [5.74, 6) is -6.00. The molecule has 20 heteroatoms. The number of nitrogens with one attached hydrogen (secondary N) is 7. The number of phenolic OH excluding ortho intramolecular Hbond substituents is 1. The number of carbonyl (C=O) groups excluding carboxylic acids is 8. The normalized spacial score (nSPS) is 16.8. The number of hydrogen-bond acceptors (Lipinski definition) is 13. The Morgan fingerprint density at radius 1 is 0.704 bits per heavy atom. The van der Waals surface area contributed by atoms with Crippen LogP contribution in [-0.2, 0) is 49.5 Å². The summed E-state index contributed by atoms with van der Waals surface area (Å²) in [6.45, 7) is 14.3. The highest BCUT2D eigenvalue weighted by atomic mass is 16.6. The van der Waals surface area contributed by atoms with Crippen molar-refractivity contribution < 1.29 is 58.4 Å². The number of hydrogen-bond donors (Lipinski definition) is 10. The summed E-state index contributed by atoms with van der Waals surface area (Å²) < 4.78 is 5.09. The second-order valence-electron chi connectivity index (χ2n) is 19.1. The van der Waals surface area contributed by atoms with Crippen LogP contribution in [0.5, 0.6) is 5.75 Å². The van der Waals surface area contributed by atoms with Gasteiger partial charge in [0.1, 0.15) is 29.9 Å². The number of benzene rings is 1. The second-order valence-corrected chi connectivity index (χ2v) is 19.1. The number of likely N-dealkylation sites (N-methyl/N-ethyl adjacent to an activating group) is 1. The summed E-state index contributed by atoms with van der Waals surface area (Å²) in [4.78, 5) is 107. The van der Waals surface area contributed by atoms with E-state index in [0.717, 1.165) is 26.4 Å². The molecule has 0 radical (unpaired) electrons. The van der Waals surface area contributed by atoms with Crippen LogP contribution in [0.15, 0.2) is 36.5 Å². The van der Waals surface area contributed by atoms with Crippen LogP contribution in [0.3, 0.4) is 0 Å². The van der Waals surface area contributed by atoms with Gasteiger partial charge < -0.3 is 62.2 Å². The number of nitrogens with zero attached hydrogens (tertiary/aromatic N) is 1. The monoisotopic (exact) mass is 1000 g/mol. The van der Waals surface area contributed by atoms with Crippen molar-refractivity contribution in [1.82, 2.24) is 42.1 Å². The number of likely N-dealkylation sites (tertiary alicyclic amines) is 1. The lowest BCUT2D eigenvalue weighted by atomic mass is 10.0. The zero-order chi connectivity index (χ0) is 53.2. The highest BCUT2D eigenvalue weighted by Crippen LogP contribution is 2.24. The number of Topliss-reactive ketones (excluding diaryl/α,β-unsaturated/α-hetero) is 1. The van der Waals surface area contributed by atoms with Crippen molar-refractivity contribution in [3.63, 3.8) is 0 Å². The summed E-state index contributed by atoms with van der Waals surface area (Å²) in [6.07, 6.45) is 10.7. The van der Waals surface area contributed by atoms with E-state index in [4.69, 9.17) is 4.74 Å². The molecule has 7 amide bonds. The molecule has 1 saturated heterocycles. The number of amides is 7. The smallest absolute Gasteiger partial charge is 0.289 e. The van der Waals surface area contributed by atoms with Crippen molar-refractivity contribution in [1.29, 1.82) is 0 Å². The Bertz CT molecular complexity index is 1900. The number of methoxy groups -OCH3 is 1. The average Bonchev–Trinajstić information content (AvgIpc) is 3.83. The Morgan fingerprint density at radius 3 is 1.82 bits per heavy atom. The van der Waals surface area contributed by atoms with Gasteiger partial charge in [-0.3, -0.25) is 38.4 Å². The van der Waals surface area contributed by atoms with E-state index in [0.29, 0.717) is 31.2 Å². The maximum Gasteiger partial charge on any atom is 0.289 e. The van der Waals surface area contributed by atoms with Crippen molar-refractivity contribution in [2.45, 2.75) is 199 Å². The van der Waals surface area contributed by atoms with Gasteiger partial charge in [0.05, 0.1) is 18.2 Å². The van der Waals surface area contributed by atoms with Gasteiger partial charge in [-0.1, -0.05) is 104 Å². The molecule has 400 valence electrons. The first-order valence-corrected chi connectivity index (χ1v) is 25.3. The molecule has 0 aromatic heterocycles. The number of phenols is 1. The Labute approximate surface area is 420 Å². The van der Waals surface area contributed by atoms with Crippen molar-refractivity contribution in [3.05, 3.63) is 42.1 Å². The van der Waals surface area contributed by atoms with Gasteiger partial charge in [0.2, 0.25) is 41.2 Å². The van der Waals surface area contributed by atoms with Gasteiger partial charge in [-0.25, -0.2) is 0 Å². The number of aliphatic hydroxyl groups excluding tert-OH is 2. The third-order valence-corrected chi connectivity index (χ3v) is 12.5. The van der Waals surface area contributed by atoms with Crippen molar-refractivity contribution >= 4 is 47.1 Å². The predicted molar refractivity (Wildman–Crippen MR) is 268 cm³/mol. The largest absolute Gasteiger partial charge is 0.508 e. The fourth-order valence-corrected chi connectivity index (χ4v) is 8.27. The molecule has 9 atom stereocenters. The number of ketones is 1. The fourth-order valence-electron chi connectivity index (χ4n) is 8.27. The van der Waals surface area contributed by atoms with Gasteiger partial charge >= 0.3 is 0 Å². The third-order valence-electron chi connectivity index (χ3n) is 12.5. The van der Waals surface area contributed by atoms with Gasteiger partial charge in [0.15, 0.2) is 12.3 Å². The number of rotatable bonds is 34. The molecule has 1 fully saturated rings. The molecule has 0 aliphatic carbocycles. The summed E-state index contributed by atoms with van der Waals surface area (Å²) in [6, 6.07) is -2.85. The number of carbonyl (C=O) groups is 8. The van der Waals surface area contributed by atoms with Gasteiger partial charge in [0.25, 0.3) is 5.91 Å². The maximum atomic E-state index is 14.2. The second kappa shape index (κ2) is 32.4. The number of unbranched alkanes of at least 4 members (excludes halogenated alkanes) is 10. The molecule has 1 aromatic rings. The summed E-state index contributed by atoms with van der Waals surface area (Å²) in [5, 5.41) is 49.5. The van der Waals surface area contributed by atoms with Crippen LogP contribution >= 0.6 is 0 Å². The molecule has 0 saturated carbocycles. The van der Waals surface area contributed by atoms with E-state index in [9.17, 15) is 53.7 Å². The lowest BCUT2D eigenvalue weighted by Crippen LogP contribution is -2.60. The Kier molecular flexibility index (Phi) is 28.1. The topological polar surface area (TPSA) is 294 Å². The standard InChI is InChI=1S/C51H84N8O12/c1-10-11-12-13-14-15-16-17-18-19-20-23-41(62)56-38(29-31(2)3)47(66)58-42(35(7)60)50(69)59-28-21-22-40(59)32(4)53-43(51(70)71-9)48(67)55-34(6)45(64)57-39(30-36-24-26-37(61)27-25-36)46(65)54-33(5)44(63)49(68)52-8/h24-27,31,33-35,38-40,42-43,51,53,60-61,70H,4,10-23,28-30H2,1-3,5-9H3,(H,52,68)(H,54,65)(H,55,67)(H,56,62)(H,57,64)(H,58,66)/t33?,34-,35?,38-,39-,40+,42?,43+,51?/m0/s1. The molecule has 4 unspecified atom stereocenters. The lowest BCUT2D eigenvalue weighted by Gasteiger charge is -2.34. The van der Waals surface area contributed by atoms with E-state index < -0.39 is 95.9 Å². The Hall–Kier alpha value is -5.60. The van der Waals surface area contributed by atoms with Crippen molar-refractivity contribution in [3.8, 4) is 5.75 Å². The van der Waals surface area contributed by atoms with E-state index in [1.807, 2.05) is 13.8 Å². The van der Waals surface area contributed by atoms with Crippen molar-refractivity contribution in [2.75, 3.05) is 20.7 Å². The van der Waals surface area contributed by atoms with E-state index >= 15 is 0 Å². The molecule has 1 aliphatic rings. The molecular formula is C51H84N8O12. The van der Waals surface area contributed by atoms with Crippen LogP contribution in [0.1, 0.15) is 143 Å². The lowest BCUT2D eigenvalue weighted by molar-refractivity contribution is -0.143. The van der Waals surface area contributed by atoms with E-state index in [-0.39, 0.29) is 42.7 Å². The van der Waals surface area contributed by atoms with Crippen LogP contribution < -0.4 is 37.2 Å². The van der Waals surface area contributed by atoms with E-state index in [2.05, 4.69) is 50.7 Å². The first kappa shape index (κ1) is 61.5. The predicted octanol–water partition coefficient (Wildman–Crippen LogP) is 2.27.